The summed E-state index contributed by atoms with van der Waals surface area (Å²) in [5, 5.41) is 11.8. The van der Waals surface area contributed by atoms with Crippen LogP contribution in [0.4, 0.5) is 5.69 Å². The van der Waals surface area contributed by atoms with Crippen LogP contribution in [0.3, 0.4) is 0 Å². The number of rotatable bonds is 3. The van der Waals surface area contributed by atoms with E-state index in [4.69, 9.17) is 4.84 Å². The minimum absolute atomic E-state index is 0.00309. The lowest BCUT2D eigenvalue weighted by Gasteiger charge is -2.00. The van der Waals surface area contributed by atoms with Gasteiger partial charge in [0.25, 0.3) is 11.2 Å². The van der Waals surface area contributed by atoms with Crippen molar-refractivity contribution < 1.29 is 14.5 Å². The summed E-state index contributed by atoms with van der Waals surface area (Å²) in [6.45, 7) is 0. The number of aromatic nitrogens is 1. The molecule has 1 heterocycles. The molecule has 2 aromatic carbocycles. The first-order valence-corrected chi connectivity index (χ1v) is 6.06. The minimum Gasteiger partial charge on any atom is -0.258 e. The summed E-state index contributed by atoms with van der Waals surface area (Å²) in [7, 11) is 0. The predicted octanol–water partition coefficient (Wildman–Crippen LogP) is 2.88. The van der Waals surface area contributed by atoms with Crippen LogP contribution < -0.4 is 9.57 Å². The van der Waals surface area contributed by atoms with Crippen molar-refractivity contribution in [1.29, 1.82) is 0 Å². The fraction of sp³-hybridized carbons (Fsp3) is 0. The molecular weight excluding hydrogens is 256 g/mol. The van der Waals surface area contributed by atoms with Gasteiger partial charge in [-0.2, -0.15) is 0 Å². The van der Waals surface area contributed by atoms with Crippen molar-refractivity contribution in [2.24, 2.45) is 0 Å². The smallest absolute Gasteiger partial charge is 0.258 e. The zero-order valence-corrected chi connectivity index (χ0v) is 10.5. The third-order valence-corrected chi connectivity index (χ3v) is 2.90. The maximum absolute atomic E-state index is 10.8. The van der Waals surface area contributed by atoms with Gasteiger partial charge in [-0.05, 0) is 18.2 Å². The molecule has 5 nitrogen and oxygen atoms in total. The molecule has 0 spiro atoms. The summed E-state index contributed by atoms with van der Waals surface area (Å²) >= 11 is 0. The van der Waals surface area contributed by atoms with Crippen LogP contribution in [-0.2, 0) is 0 Å². The van der Waals surface area contributed by atoms with E-state index in [1.54, 1.807) is 23.1 Å². The standard InChI is InChI=1S/C15H11N2O3/c18-17(19)13-7-3-8-14(11-13)20-16-10-4-6-12-5-1-2-9-15(12)16/h1-11H/q+1. The van der Waals surface area contributed by atoms with Gasteiger partial charge >= 0.3 is 0 Å². The normalized spacial score (nSPS) is 10.4. The van der Waals surface area contributed by atoms with E-state index in [0.717, 1.165) is 10.9 Å². The van der Waals surface area contributed by atoms with Crippen LogP contribution in [0.1, 0.15) is 0 Å². The molecule has 0 atom stereocenters. The molecular formula is C15H11N2O3+. The van der Waals surface area contributed by atoms with Crippen molar-refractivity contribution in [3.05, 3.63) is 77.0 Å². The number of nitro benzene ring substituents is 1. The lowest BCUT2D eigenvalue weighted by atomic mass is 10.2. The van der Waals surface area contributed by atoms with E-state index in [-0.39, 0.29) is 5.69 Å². The Morgan fingerprint density at radius 1 is 1.00 bits per heavy atom. The summed E-state index contributed by atoms with van der Waals surface area (Å²) < 4.78 is 1.59. The molecule has 98 valence electrons. The summed E-state index contributed by atoms with van der Waals surface area (Å²) in [5.41, 5.74) is 0.893. The van der Waals surface area contributed by atoms with E-state index in [1.807, 2.05) is 36.4 Å². The third kappa shape index (κ3) is 2.29. The fourth-order valence-electron chi connectivity index (χ4n) is 1.98. The summed E-state index contributed by atoms with van der Waals surface area (Å²) in [5.74, 6) is 0.417. The lowest BCUT2D eigenvalue weighted by Crippen LogP contribution is -2.39. The second kappa shape index (κ2) is 4.97. The Kier molecular flexibility index (Phi) is 3.01. The van der Waals surface area contributed by atoms with Crippen molar-refractivity contribution >= 4 is 16.6 Å². The van der Waals surface area contributed by atoms with Gasteiger partial charge in [0.05, 0.1) is 16.4 Å². The molecule has 0 N–H and O–H groups in total. The zero-order valence-electron chi connectivity index (χ0n) is 10.5. The highest BCUT2D eigenvalue weighted by Crippen LogP contribution is 2.18. The maximum Gasteiger partial charge on any atom is 0.273 e. The van der Waals surface area contributed by atoms with E-state index >= 15 is 0 Å². The van der Waals surface area contributed by atoms with E-state index in [2.05, 4.69) is 0 Å². The Morgan fingerprint density at radius 3 is 2.65 bits per heavy atom. The van der Waals surface area contributed by atoms with Gasteiger partial charge in [-0.15, -0.1) is 0 Å². The van der Waals surface area contributed by atoms with Gasteiger partial charge in [0.2, 0.25) is 11.9 Å². The van der Waals surface area contributed by atoms with E-state index in [9.17, 15) is 10.1 Å². The molecule has 0 aliphatic carbocycles. The second-order valence-corrected chi connectivity index (χ2v) is 4.24. The topological polar surface area (TPSA) is 56.3 Å². The second-order valence-electron chi connectivity index (χ2n) is 4.24. The highest BCUT2D eigenvalue weighted by atomic mass is 16.7. The molecule has 0 fully saturated rings. The van der Waals surface area contributed by atoms with E-state index in [0.29, 0.717) is 5.75 Å². The van der Waals surface area contributed by atoms with Crippen LogP contribution >= 0.6 is 0 Å². The fourth-order valence-corrected chi connectivity index (χ4v) is 1.98. The number of para-hydroxylation sites is 1. The van der Waals surface area contributed by atoms with Crippen LogP contribution in [0.25, 0.3) is 10.9 Å². The van der Waals surface area contributed by atoms with Crippen LogP contribution in [-0.4, -0.2) is 4.92 Å². The molecule has 5 heteroatoms. The Balaban J connectivity index is 2.01. The van der Waals surface area contributed by atoms with Gasteiger partial charge in [-0.3, -0.25) is 10.1 Å². The number of hydrogen-bond donors (Lipinski definition) is 0. The highest BCUT2D eigenvalue weighted by molar-refractivity contribution is 5.74. The van der Waals surface area contributed by atoms with E-state index in [1.165, 1.54) is 12.1 Å². The third-order valence-electron chi connectivity index (χ3n) is 2.90. The Bertz CT molecular complexity index is 781. The van der Waals surface area contributed by atoms with Crippen LogP contribution in [0.15, 0.2) is 66.9 Å². The quantitative estimate of drug-likeness (QED) is 0.416. The molecule has 3 rings (SSSR count). The lowest BCUT2D eigenvalue weighted by molar-refractivity contribution is -0.854. The highest BCUT2D eigenvalue weighted by Gasteiger charge is 2.13. The number of non-ortho nitro benzene ring substituents is 1. The van der Waals surface area contributed by atoms with Gasteiger partial charge in [-0.25, -0.2) is 4.84 Å². The average molecular weight is 267 g/mol. The molecule has 1 aromatic heterocycles. The largest absolute Gasteiger partial charge is 0.273 e. The zero-order chi connectivity index (χ0) is 13.9. The predicted molar refractivity (Wildman–Crippen MR) is 73.3 cm³/mol. The molecule has 0 radical (unpaired) electrons. The Morgan fingerprint density at radius 2 is 1.80 bits per heavy atom. The van der Waals surface area contributed by atoms with Crippen LogP contribution in [0.5, 0.6) is 5.75 Å². The van der Waals surface area contributed by atoms with Crippen molar-refractivity contribution in [3.8, 4) is 5.75 Å². The average Bonchev–Trinajstić information content (AvgIpc) is 2.48. The molecule has 0 unspecified atom stereocenters. The van der Waals surface area contributed by atoms with Gasteiger partial charge < -0.3 is 0 Å². The summed E-state index contributed by atoms with van der Waals surface area (Å²) in [6, 6.07) is 17.7. The molecule has 0 aliphatic heterocycles. The molecule has 0 saturated heterocycles. The summed E-state index contributed by atoms with van der Waals surface area (Å²) in [6.07, 6.45) is 1.77. The van der Waals surface area contributed by atoms with Gasteiger partial charge in [0.1, 0.15) is 0 Å². The van der Waals surface area contributed by atoms with Crippen molar-refractivity contribution in [3.63, 3.8) is 0 Å². The first-order valence-electron chi connectivity index (χ1n) is 6.06. The number of fused-ring (bicyclic) bond motifs is 1. The number of nitrogens with zero attached hydrogens (tertiary/aromatic N) is 2. The maximum atomic E-state index is 10.8. The van der Waals surface area contributed by atoms with E-state index < -0.39 is 4.92 Å². The first kappa shape index (κ1) is 12.1. The molecule has 0 saturated carbocycles. The van der Waals surface area contributed by atoms with Crippen molar-refractivity contribution in [1.82, 2.24) is 0 Å². The molecule has 20 heavy (non-hydrogen) atoms. The SMILES string of the molecule is O=[N+]([O-])c1cccc(O[n+]2cccc3ccccc32)c1. The van der Waals surface area contributed by atoms with Crippen LogP contribution in [0.2, 0.25) is 0 Å². The Hall–Kier alpha value is -2.95. The van der Waals surface area contributed by atoms with Gasteiger partial charge in [0, 0.05) is 22.9 Å². The molecule has 3 aromatic rings. The number of pyridine rings is 1. The molecule has 0 bridgehead atoms. The monoisotopic (exact) mass is 267 g/mol. The number of nitro groups is 1. The van der Waals surface area contributed by atoms with Crippen molar-refractivity contribution in [2.75, 3.05) is 0 Å². The summed E-state index contributed by atoms with van der Waals surface area (Å²) in [4.78, 5) is 16.0. The Labute approximate surface area is 114 Å². The molecule has 0 aliphatic rings. The molecule has 0 amide bonds. The minimum atomic E-state index is -0.444. The first-order chi connectivity index (χ1) is 9.74. The number of benzene rings is 2. The number of hydrogen-bond acceptors (Lipinski definition) is 3. The van der Waals surface area contributed by atoms with Crippen LogP contribution in [0, 0.1) is 10.1 Å². The van der Waals surface area contributed by atoms with Gasteiger partial charge in [-0.1, -0.05) is 18.2 Å². The van der Waals surface area contributed by atoms with Gasteiger partial charge in [0.15, 0.2) is 0 Å². The van der Waals surface area contributed by atoms with Crippen molar-refractivity contribution in [2.45, 2.75) is 0 Å².